The van der Waals surface area contributed by atoms with Crippen LogP contribution in [0, 0.1) is 0 Å². The van der Waals surface area contributed by atoms with Gasteiger partial charge < -0.3 is 19.0 Å². The van der Waals surface area contributed by atoms with E-state index in [0.29, 0.717) is 5.75 Å². The zero-order valence-electron chi connectivity index (χ0n) is 15.8. The summed E-state index contributed by atoms with van der Waals surface area (Å²) in [6.07, 6.45) is 1.05. The Balaban J connectivity index is 2.15. The number of rotatable bonds is 8. The Labute approximate surface area is 162 Å². The largest absolute Gasteiger partial charge is 0.496 e. The smallest absolute Gasteiger partial charge is 0.353 e. The van der Waals surface area contributed by atoms with Crippen molar-refractivity contribution in [1.82, 2.24) is 10.5 Å². The van der Waals surface area contributed by atoms with Gasteiger partial charge in [-0.2, -0.15) is 10.5 Å². The Hall–Kier alpha value is -3.21. The van der Waals surface area contributed by atoms with Crippen molar-refractivity contribution in [1.29, 1.82) is 0 Å². The van der Waals surface area contributed by atoms with E-state index >= 15 is 0 Å². The molecule has 0 atom stereocenters. The molecule has 11 heteroatoms. The van der Waals surface area contributed by atoms with Gasteiger partial charge in [0.15, 0.2) is 21.3 Å². The predicted octanol–water partition coefficient (Wildman–Crippen LogP) is 2.02. The summed E-state index contributed by atoms with van der Waals surface area (Å²) in [5.41, 5.74) is 2.15. The Morgan fingerprint density at radius 2 is 1.93 bits per heavy atom. The highest BCUT2D eigenvalue weighted by Crippen LogP contribution is 2.34. The number of hydrogen-bond acceptors (Lipinski definition) is 8. The zero-order chi connectivity index (χ0) is 20.7. The maximum Gasteiger partial charge on any atom is 0.353 e. The summed E-state index contributed by atoms with van der Waals surface area (Å²) >= 11 is 0. The lowest BCUT2D eigenvalue weighted by molar-refractivity contribution is 0.181. The van der Waals surface area contributed by atoms with Gasteiger partial charge in [-0.15, -0.1) is 0 Å². The number of amides is 2. The molecule has 0 fully saturated rings. The highest BCUT2D eigenvalue weighted by molar-refractivity contribution is 7.90. The van der Waals surface area contributed by atoms with E-state index < -0.39 is 15.9 Å². The van der Waals surface area contributed by atoms with Crippen molar-refractivity contribution in [2.24, 2.45) is 0 Å². The molecule has 2 amide bonds. The van der Waals surface area contributed by atoms with Crippen molar-refractivity contribution in [3.63, 3.8) is 0 Å². The third kappa shape index (κ3) is 5.39. The number of aromatic nitrogens is 1. The van der Waals surface area contributed by atoms with Crippen molar-refractivity contribution < 1.29 is 32.3 Å². The molecule has 0 radical (unpaired) electrons. The summed E-state index contributed by atoms with van der Waals surface area (Å²) in [6.45, 7) is 1.91. The summed E-state index contributed by atoms with van der Waals surface area (Å²) in [4.78, 5) is 21.3. The lowest BCUT2D eigenvalue weighted by atomic mass is 10.3. The lowest BCUT2D eigenvalue weighted by Gasteiger charge is -2.15. The Bertz CT molecular complexity index is 926. The number of pyridine rings is 1. The van der Waals surface area contributed by atoms with E-state index in [1.807, 2.05) is 0 Å². The number of urea groups is 1. The highest BCUT2D eigenvalue weighted by Gasteiger charge is 2.20. The fraction of sp³-hybridized carbons (Fsp3) is 0.294. The summed E-state index contributed by atoms with van der Waals surface area (Å²) < 4.78 is 39.3. The molecule has 1 aromatic heterocycles. The predicted molar refractivity (Wildman–Crippen MR) is 101 cm³/mol. The van der Waals surface area contributed by atoms with Gasteiger partial charge in [-0.1, -0.05) is 6.07 Å². The number of para-hydroxylation sites is 1. The molecule has 0 bridgehead atoms. The van der Waals surface area contributed by atoms with Crippen LogP contribution < -0.4 is 29.8 Å². The Kier molecular flexibility index (Phi) is 6.88. The average molecular weight is 411 g/mol. The minimum Gasteiger partial charge on any atom is -0.496 e. The van der Waals surface area contributed by atoms with Crippen LogP contribution in [0.4, 0.5) is 10.6 Å². The normalized spacial score (nSPS) is 10.7. The van der Waals surface area contributed by atoms with Crippen molar-refractivity contribution in [2.45, 2.75) is 11.8 Å². The molecule has 0 aliphatic carbocycles. The standard InChI is InChI=1S/C17H21N3O7S/c1-5-26-16-12(7-6-8-13(16)28(4,22)23)27-20-17(21)19-14-9-11(24-2)10-15(18-14)25-3/h6-10H,5H2,1-4H3,(H2,18,19,20,21). The molecule has 10 nitrogen and oxygen atoms in total. The van der Waals surface area contributed by atoms with Crippen LogP contribution in [0.15, 0.2) is 35.2 Å². The molecule has 2 N–H and O–H groups in total. The van der Waals surface area contributed by atoms with Gasteiger partial charge in [-0.25, -0.2) is 13.2 Å². The van der Waals surface area contributed by atoms with Gasteiger partial charge >= 0.3 is 6.03 Å². The molecule has 1 heterocycles. The molecule has 1 aromatic carbocycles. The Morgan fingerprint density at radius 3 is 2.54 bits per heavy atom. The summed E-state index contributed by atoms with van der Waals surface area (Å²) in [5.74, 6) is 0.884. The van der Waals surface area contributed by atoms with Gasteiger partial charge in [0.25, 0.3) is 0 Å². The van der Waals surface area contributed by atoms with Crippen molar-refractivity contribution in [3.8, 4) is 23.1 Å². The van der Waals surface area contributed by atoms with Crippen LogP contribution >= 0.6 is 0 Å². The maximum atomic E-state index is 12.1. The average Bonchev–Trinajstić information content (AvgIpc) is 2.66. The zero-order valence-corrected chi connectivity index (χ0v) is 16.6. The quantitative estimate of drug-likeness (QED) is 0.632. The van der Waals surface area contributed by atoms with Crippen LogP contribution in [0.2, 0.25) is 0 Å². The second kappa shape index (κ2) is 9.13. The fourth-order valence-corrected chi connectivity index (χ4v) is 2.99. The monoisotopic (exact) mass is 411 g/mol. The number of benzene rings is 1. The second-order valence-corrected chi connectivity index (χ2v) is 7.37. The fourth-order valence-electron chi connectivity index (χ4n) is 2.17. The SMILES string of the molecule is CCOc1c(ONC(=O)Nc2cc(OC)cc(OC)n2)cccc1S(C)(=O)=O. The van der Waals surface area contributed by atoms with Crippen LogP contribution in [0.3, 0.4) is 0 Å². The van der Waals surface area contributed by atoms with Crippen LogP contribution in [-0.4, -0.2) is 46.5 Å². The number of carbonyl (C=O) groups excluding carboxylic acids is 1. The molecule has 0 unspecified atom stereocenters. The number of ether oxygens (including phenoxy) is 3. The second-order valence-electron chi connectivity index (χ2n) is 5.38. The van der Waals surface area contributed by atoms with E-state index in [-0.39, 0.29) is 34.7 Å². The third-order valence-corrected chi connectivity index (χ3v) is 4.47. The maximum absolute atomic E-state index is 12.1. The highest BCUT2D eigenvalue weighted by atomic mass is 32.2. The molecule has 0 aliphatic rings. The summed E-state index contributed by atoms with van der Waals surface area (Å²) in [5, 5.41) is 2.45. The molecule has 2 rings (SSSR count). The molecular formula is C17H21N3O7S. The van der Waals surface area contributed by atoms with E-state index in [9.17, 15) is 13.2 Å². The van der Waals surface area contributed by atoms with Gasteiger partial charge in [-0.05, 0) is 19.1 Å². The molecule has 0 aliphatic heterocycles. The van der Waals surface area contributed by atoms with Gasteiger partial charge in [0.2, 0.25) is 5.88 Å². The van der Waals surface area contributed by atoms with Crippen molar-refractivity contribution in [3.05, 3.63) is 30.3 Å². The number of nitrogens with zero attached hydrogens (tertiary/aromatic N) is 1. The van der Waals surface area contributed by atoms with Gasteiger partial charge in [-0.3, -0.25) is 5.32 Å². The van der Waals surface area contributed by atoms with E-state index in [2.05, 4.69) is 15.8 Å². The topological polar surface area (TPSA) is 125 Å². The minimum atomic E-state index is -3.55. The molecular weight excluding hydrogens is 390 g/mol. The summed E-state index contributed by atoms with van der Waals surface area (Å²) in [7, 11) is -0.658. The Morgan fingerprint density at radius 1 is 1.18 bits per heavy atom. The third-order valence-electron chi connectivity index (χ3n) is 3.35. The molecule has 152 valence electrons. The van der Waals surface area contributed by atoms with Crippen LogP contribution in [0.1, 0.15) is 6.92 Å². The van der Waals surface area contributed by atoms with Crippen molar-refractivity contribution in [2.75, 3.05) is 32.4 Å². The molecule has 0 saturated heterocycles. The number of sulfone groups is 1. The molecule has 28 heavy (non-hydrogen) atoms. The number of carbonyl (C=O) groups is 1. The number of nitrogens with one attached hydrogen (secondary N) is 2. The van der Waals surface area contributed by atoms with Gasteiger partial charge in [0.05, 0.1) is 20.8 Å². The first kappa shape index (κ1) is 21.1. The van der Waals surface area contributed by atoms with Gasteiger partial charge in [0.1, 0.15) is 16.5 Å². The lowest BCUT2D eigenvalue weighted by Crippen LogP contribution is -2.32. The number of hydroxylamine groups is 1. The number of hydrogen-bond donors (Lipinski definition) is 2. The first-order valence-corrected chi connectivity index (χ1v) is 9.97. The number of anilines is 1. The first-order valence-electron chi connectivity index (χ1n) is 8.08. The van der Waals surface area contributed by atoms with Crippen LogP contribution in [0.25, 0.3) is 0 Å². The van der Waals surface area contributed by atoms with Crippen LogP contribution in [-0.2, 0) is 9.84 Å². The van der Waals surface area contributed by atoms with Gasteiger partial charge in [0, 0.05) is 18.4 Å². The van der Waals surface area contributed by atoms with Crippen molar-refractivity contribution >= 4 is 21.7 Å². The van der Waals surface area contributed by atoms with E-state index in [1.54, 1.807) is 13.0 Å². The molecule has 2 aromatic rings. The molecule has 0 saturated carbocycles. The van der Waals surface area contributed by atoms with E-state index in [0.717, 1.165) is 6.26 Å². The minimum absolute atomic E-state index is 0.00831. The van der Waals surface area contributed by atoms with Crippen LogP contribution in [0.5, 0.6) is 23.1 Å². The first-order chi connectivity index (χ1) is 13.3. The molecule has 0 spiro atoms. The van der Waals surface area contributed by atoms with E-state index in [1.165, 1.54) is 38.5 Å². The van der Waals surface area contributed by atoms with E-state index in [4.69, 9.17) is 19.0 Å². The number of methoxy groups -OCH3 is 2. The summed E-state index contributed by atoms with van der Waals surface area (Å²) in [6, 6.07) is 6.60.